The van der Waals surface area contributed by atoms with Crippen LogP contribution < -0.4 is 16.0 Å². The summed E-state index contributed by atoms with van der Waals surface area (Å²) < 4.78 is 0. The van der Waals surface area contributed by atoms with Crippen molar-refractivity contribution in [1.82, 2.24) is 15.5 Å². The van der Waals surface area contributed by atoms with Crippen molar-refractivity contribution in [2.24, 2.45) is 0 Å². The van der Waals surface area contributed by atoms with Gasteiger partial charge in [0.15, 0.2) is 0 Å². The molecule has 164 valence electrons. The van der Waals surface area contributed by atoms with Gasteiger partial charge in [-0.25, -0.2) is 9.59 Å². The van der Waals surface area contributed by atoms with E-state index in [0.29, 0.717) is 17.7 Å². The highest BCUT2D eigenvalue weighted by Gasteiger charge is 2.39. The number of benzene rings is 2. The number of carboxylic acids is 1. The lowest BCUT2D eigenvalue weighted by molar-refractivity contribution is -0.136. The number of carboxylic acid groups (broad SMARTS) is 1. The van der Waals surface area contributed by atoms with Crippen molar-refractivity contribution in [2.75, 3.05) is 5.32 Å². The van der Waals surface area contributed by atoms with Gasteiger partial charge in [-0.2, -0.15) is 0 Å². The molecule has 5 amide bonds. The maximum Gasteiger partial charge on any atom is 0.335 e. The predicted molar refractivity (Wildman–Crippen MR) is 112 cm³/mol. The number of amides is 5. The summed E-state index contributed by atoms with van der Waals surface area (Å²) in [6, 6.07) is 9.84. The van der Waals surface area contributed by atoms with Crippen LogP contribution >= 0.6 is 0 Å². The van der Waals surface area contributed by atoms with Gasteiger partial charge in [-0.15, -0.1) is 0 Å². The number of imide groups is 1. The molecule has 4 rings (SSSR count). The number of fused-ring (bicyclic) bond motifs is 1. The second-order valence-corrected chi connectivity index (χ2v) is 7.58. The summed E-state index contributed by atoms with van der Waals surface area (Å²) in [4.78, 5) is 60.7. The molecule has 2 aliphatic rings. The molecule has 4 N–H and O–H groups in total. The largest absolute Gasteiger partial charge is 0.478 e. The number of carbonyl (C=O) groups excluding carboxylic acids is 4. The zero-order chi connectivity index (χ0) is 22.8. The second kappa shape index (κ2) is 8.50. The Morgan fingerprint density at radius 1 is 1.09 bits per heavy atom. The second-order valence-electron chi connectivity index (χ2n) is 7.58. The summed E-state index contributed by atoms with van der Waals surface area (Å²) in [6.45, 7) is 0.468. The van der Waals surface area contributed by atoms with Gasteiger partial charge in [0.25, 0.3) is 5.91 Å². The number of hydrogen-bond acceptors (Lipinski definition) is 5. The van der Waals surface area contributed by atoms with Crippen molar-refractivity contribution in [3.8, 4) is 0 Å². The van der Waals surface area contributed by atoms with E-state index < -0.39 is 23.9 Å². The molecule has 0 saturated carbocycles. The molecule has 1 fully saturated rings. The minimum absolute atomic E-state index is 0.120. The lowest BCUT2D eigenvalue weighted by Crippen LogP contribution is -2.52. The Hall–Kier alpha value is -4.21. The third kappa shape index (κ3) is 4.29. The number of anilines is 1. The Kier molecular flexibility index (Phi) is 5.59. The minimum Gasteiger partial charge on any atom is -0.478 e. The lowest BCUT2D eigenvalue weighted by atomic mass is 10.0. The average Bonchev–Trinajstić information content (AvgIpc) is 3.08. The summed E-state index contributed by atoms with van der Waals surface area (Å²) in [7, 11) is 0. The van der Waals surface area contributed by atoms with Gasteiger partial charge in [-0.3, -0.25) is 19.7 Å². The summed E-state index contributed by atoms with van der Waals surface area (Å²) in [5.74, 6) is -2.10. The summed E-state index contributed by atoms with van der Waals surface area (Å²) in [6.07, 6.45) is 0.492. The fourth-order valence-corrected chi connectivity index (χ4v) is 3.79. The third-order valence-electron chi connectivity index (χ3n) is 5.43. The van der Waals surface area contributed by atoms with Crippen LogP contribution in [0.5, 0.6) is 0 Å². The molecule has 1 saturated heterocycles. The van der Waals surface area contributed by atoms with E-state index in [1.807, 2.05) is 0 Å². The predicted octanol–water partition coefficient (Wildman–Crippen LogP) is 1.47. The normalized spacial score (nSPS) is 17.6. The first-order valence-corrected chi connectivity index (χ1v) is 9.96. The Morgan fingerprint density at radius 3 is 2.53 bits per heavy atom. The van der Waals surface area contributed by atoms with Gasteiger partial charge in [0, 0.05) is 30.8 Å². The van der Waals surface area contributed by atoms with Crippen LogP contribution in [0.15, 0.2) is 42.5 Å². The molecule has 10 heteroatoms. The number of aromatic carboxylic acids is 1. The molecule has 0 radical (unpaired) electrons. The van der Waals surface area contributed by atoms with E-state index in [2.05, 4.69) is 16.0 Å². The first-order valence-electron chi connectivity index (χ1n) is 9.96. The molecular formula is C22H20N4O6. The molecule has 2 aromatic rings. The number of nitrogens with one attached hydrogen (secondary N) is 3. The van der Waals surface area contributed by atoms with E-state index in [1.165, 1.54) is 29.2 Å². The number of piperidine rings is 1. The number of hydrogen-bond donors (Lipinski definition) is 4. The fraction of sp³-hybridized carbons (Fsp3) is 0.227. The van der Waals surface area contributed by atoms with E-state index in [0.717, 1.165) is 11.1 Å². The molecule has 2 aromatic carbocycles. The van der Waals surface area contributed by atoms with Gasteiger partial charge in [0.05, 0.1) is 5.56 Å². The molecule has 32 heavy (non-hydrogen) atoms. The van der Waals surface area contributed by atoms with E-state index in [1.54, 1.807) is 18.2 Å². The van der Waals surface area contributed by atoms with Crippen LogP contribution in [0.2, 0.25) is 0 Å². The average molecular weight is 436 g/mol. The molecule has 1 atom stereocenters. The molecule has 2 heterocycles. The van der Waals surface area contributed by atoms with E-state index >= 15 is 0 Å². The van der Waals surface area contributed by atoms with Crippen molar-refractivity contribution in [3.63, 3.8) is 0 Å². The van der Waals surface area contributed by atoms with Crippen molar-refractivity contribution < 1.29 is 29.1 Å². The van der Waals surface area contributed by atoms with Crippen LogP contribution in [0.3, 0.4) is 0 Å². The van der Waals surface area contributed by atoms with Gasteiger partial charge < -0.3 is 20.6 Å². The first kappa shape index (κ1) is 21.0. The summed E-state index contributed by atoms with van der Waals surface area (Å²) in [5, 5.41) is 16.5. The van der Waals surface area contributed by atoms with Crippen molar-refractivity contribution in [2.45, 2.75) is 32.0 Å². The van der Waals surface area contributed by atoms with E-state index in [4.69, 9.17) is 5.11 Å². The highest BCUT2D eigenvalue weighted by Crippen LogP contribution is 2.28. The Bertz CT molecular complexity index is 1130. The molecular weight excluding hydrogens is 416 g/mol. The van der Waals surface area contributed by atoms with Crippen LogP contribution in [0, 0.1) is 0 Å². The molecule has 0 spiro atoms. The monoisotopic (exact) mass is 436 g/mol. The zero-order valence-corrected chi connectivity index (χ0v) is 16.9. The smallest absolute Gasteiger partial charge is 0.335 e. The van der Waals surface area contributed by atoms with Gasteiger partial charge >= 0.3 is 12.0 Å². The van der Waals surface area contributed by atoms with Crippen molar-refractivity contribution in [1.29, 1.82) is 0 Å². The minimum atomic E-state index is -1.05. The van der Waals surface area contributed by atoms with Gasteiger partial charge in [-0.05, 0) is 47.9 Å². The SMILES string of the molecule is O=C1CCC(N2Cc3cc(CNC(=O)Nc4ccc(C(=O)O)cc4)ccc3C2=O)C(=O)N1. The molecule has 0 aliphatic carbocycles. The highest BCUT2D eigenvalue weighted by molar-refractivity contribution is 6.05. The van der Waals surface area contributed by atoms with E-state index in [-0.39, 0.29) is 36.9 Å². The van der Waals surface area contributed by atoms with Crippen molar-refractivity contribution >= 4 is 35.4 Å². The number of rotatable bonds is 5. The summed E-state index contributed by atoms with van der Waals surface area (Å²) in [5.41, 5.74) is 2.60. The zero-order valence-electron chi connectivity index (χ0n) is 16.9. The van der Waals surface area contributed by atoms with Crippen LogP contribution in [0.25, 0.3) is 0 Å². The number of carbonyl (C=O) groups is 5. The summed E-state index contributed by atoms with van der Waals surface area (Å²) >= 11 is 0. The number of nitrogens with zero attached hydrogens (tertiary/aromatic N) is 1. The highest BCUT2D eigenvalue weighted by atomic mass is 16.4. The van der Waals surface area contributed by atoms with Gasteiger partial charge in [0.2, 0.25) is 11.8 Å². The number of urea groups is 1. The topological polar surface area (TPSA) is 145 Å². The molecule has 0 bridgehead atoms. The van der Waals surface area contributed by atoms with Crippen molar-refractivity contribution in [3.05, 3.63) is 64.7 Å². The first-order chi connectivity index (χ1) is 15.3. The van der Waals surface area contributed by atoms with Crippen LogP contribution in [-0.2, 0) is 22.7 Å². The fourth-order valence-electron chi connectivity index (χ4n) is 3.79. The third-order valence-corrected chi connectivity index (χ3v) is 5.43. The Balaban J connectivity index is 1.36. The standard InChI is InChI=1S/C22H20N4O6/c27-18-8-7-17(19(28)25-18)26-11-14-9-12(1-6-16(14)20(26)29)10-23-22(32)24-15-4-2-13(3-5-15)21(30)31/h1-6,9,17H,7-8,10-11H2,(H,30,31)(H2,23,24,32)(H,25,27,28). The van der Waals surface area contributed by atoms with Crippen LogP contribution in [0.1, 0.15) is 44.7 Å². The molecule has 0 aromatic heterocycles. The maximum absolute atomic E-state index is 12.7. The van der Waals surface area contributed by atoms with Gasteiger partial charge in [0.1, 0.15) is 6.04 Å². The quantitative estimate of drug-likeness (QED) is 0.522. The van der Waals surface area contributed by atoms with Crippen LogP contribution in [0.4, 0.5) is 10.5 Å². The van der Waals surface area contributed by atoms with E-state index in [9.17, 15) is 24.0 Å². The molecule has 2 aliphatic heterocycles. The van der Waals surface area contributed by atoms with Crippen LogP contribution in [-0.4, -0.2) is 45.8 Å². The Morgan fingerprint density at radius 2 is 1.84 bits per heavy atom. The maximum atomic E-state index is 12.7. The molecule has 1 unspecified atom stereocenters. The molecule has 10 nitrogen and oxygen atoms in total. The lowest BCUT2D eigenvalue weighted by Gasteiger charge is -2.29. The Labute approximate surface area is 182 Å². The van der Waals surface area contributed by atoms with Gasteiger partial charge in [-0.1, -0.05) is 12.1 Å².